The first-order valence-electron chi connectivity index (χ1n) is 8.04. The second-order valence-corrected chi connectivity index (χ2v) is 6.01. The number of aromatic amines is 1. The number of aryl methyl sites for hydroxylation is 1. The van der Waals surface area contributed by atoms with Gasteiger partial charge in [-0.25, -0.2) is 0 Å². The van der Waals surface area contributed by atoms with Crippen molar-refractivity contribution in [1.29, 1.82) is 0 Å². The normalized spacial score (nSPS) is 10.7. The zero-order chi connectivity index (χ0) is 18.0. The third kappa shape index (κ3) is 3.40. The minimum atomic E-state index is -0.406. The quantitative estimate of drug-likeness (QED) is 0.769. The molecule has 0 bridgehead atoms. The highest BCUT2D eigenvalue weighted by molar-refractivity contribution is 5.97. The number of hydrogen-bond acceptors (Lipinski definition) is 3. The second kappa shape index (κ2) is 6.81. The monoisotopic (exact) mass is 336 g/mol. The minimum Gasteiger partial charge on any atom is -0.497 e. The van der Waals surface area contributed by atoms with E-state index in [0.29, 0.717) is 17.8 Å². The van der Waals surface area contributed by atoms with Crippen molar-refractivity contribution in [2.45, 2.75) is 20.4 Å². The molecule has 1 aromatic heterocycles. The Morgan fingerprint density at radius 2 is 1.96 bits per heavy atom. The lowest BCUT2D eigenvalue weighted by atomic mass is 10.0. The largest absolute Gasteiger partial charge is 0.497 e. The van der Waals surface area contributed by atoms with Gasteiger partial charge >= 0.3 is 0 Å². The number of fused-ring (bicyclic) bond motifs is 1. The molecule has 128 valence electrons. The summed E-state index contributed by atoms with van der Waals surface area (Å²) in [5.74, 6) is 0.271. The topological polar surface area (TPSA) is 71.2 Å². The summed E-state index contributed by atoms with van der Waals surface area (Å²) in [7, 11) is 1.57. The SMILES string of the molecule is COc1ccc2[nH]c(=O)c(C(=O)NCc3cccc(C)c3C)cc2c1. The fraction of sp³-hybridized carbons (Fsp3) is 0.200. The molecule has 1 amide bonds. The number of pyridine rings is 1. The Bertz CT molecular complexity index is 1010. The van der Waals surface area contributed by atoms with E-state index in [2.05, 4.69) is 10.3 Å². The zero-order valence-electron chi connectivity index (χ0n) is 14.5. The molecular formula is C20H20N2O3. The van der Waals surface area contributed by atoms with Gasteiger partial charge in [0, 0.05) is 17.4 Å². The summed E-state index contributed by atoms with van der Waals surface area (Å²) in [5.41, 5.74) is 3.69. The average Bonchev–Trinajstić information content (AvgIpc) is 2.61. The van der Waals surface area contributed by atoms with Gasteiger partial charge < -0.3 is 15.0 Å². The minimum absolute atomic E-state index is 0.0889. The molecule has 3 aromatic rings. The molecule has 2 N–H and O–H groups in total. The molecule has 0 saturated carbocycles. The van der Waals surface area contributed by atoms with Crippen molar-refractivity contribution >= 4 is 16.8 Å². The first-order valence-corrected chi connectivity index (χ1v) is 8.04. The summed E-state index contributed by atoms with van der Waals surface area (Å²) < 4.78 is 5.19. The van der Waals surface area contributed by atoms with Crippen LogP contribution in [0.5, 0.6) is 5.75 Å². The number of H-pyrrole nitrogens is 1. The van der Waals surface area contributed by atoms with E-state index in [1.807, 2.05) is 32.0 Å². The molecule has 25 heavy (non-hydrogen) atoms. The van der Waals surface area contributed by atoms with Crippen LogP contribution < -0.4 is 15.6 Å². The predicted octanol–water partition coefficient (Wildman–Crippen LogP) is 3.08. The van der Waals surface area contributed by atoms with Gasteiger partial charge in [-0.15, -0.1) is 0 Å². The van der Waals surface area contributed by atoms with Crippen molar-refractivity contribution < 1.29 is 9.53 Å². The molecule has 5 heteroatoms. The van der Waals surface area contributed by atoms with Crippen LogP contribution >= 0.6 is 0 Å². The van der Waals surface area contributed by atoms with Gasteiger partial charge in [-0.3, -0.25) is 9.59 Å². The molecule has 0 aliphatic heterocycles. The third-order valence-electron chi connectivity index (χ3n) is 4.45. The number of carbonyl (C=O) groups is 1. The van der Waals surface area contributed by atoms with Gasteiger partial charge in [-0.1, -0.05) is 18.2 Å². The summed E-state index contributed by atoms with van der Waals surface area (Å²) >= 11 is 0. The van der Waals surface area contributed by atoms with Gasteiger partial charge in [0.15, 0.2) is 0 Å². The molecule has 0 saturated heterocycles. The van der Waals surface area contributed by atoms with Crippen LogP contribution in [0.25, 0.3) is 10.9 Å². The lowest BCUT2D eigenvalue weighted by Gasteiger charge is -2.10. The van der Waals surface area contributed by atoms with Crippen LogP contribution in [-0.4, -0.2) is 18.0 Å². The van der Waals surface area contributed by atoms with E-state index >= 15 is 0 Å². The molecule has 0 radical (unpaired) electrons. The number of carbonyl (C=O) groups excluding carboxylic acids is 1. The van der Waals surface area contributed by atoms with Gasteiger partial charge in [-0.05, 0) is 54.8 Å². The van der Waals surface area contributed by atoms with Crippen molar-refractivity contribution in [3.05, 3.63) is 75.1 Å². The number of hydrogen-bond donors (Lipinski definition) is 2. The maximum atomic E-state index is 12.5. The van der Waals surface area contributed by atoms with Gasteiger partial charge in [0.1, 0.15) is 11.3 Å². The molecular weight excluding hydrogens is 316 g/mol. The molecule has 0 atom stereocenters. The summed E-state index contributed by atoms with van der Waals surface area (Å²) in [6, 6.07) is 12.9. The van der Waals surface area contributed by atoms with Crippen molar-refractivity contribution in [2.75, 3.05) is 7.11 Å². The number of rotatable bonds is 4. The Morgan fingerprint density at radius 3 is 2.72 bits per heavy atom. The Kier molecular flexibility index (Phi) is 4.57. The molecule has 0 fully saturated rings. The molecule has 0 spiro atoms. The van der Waals surface area contributed by atoms with E-state index in [1.54, 1.807) is 31.4 Å². The van der Waals surface area contributed by atoms with Crippen molar-refractivity contribution in [3.63, 3.8) is 0 Å². The molecule has 1 heterocycles. The Hall–Kier alpha value is -3.08. The van der Waals surface area contributed by atoms with Crippen LogP contribution in [0.1, 0.15) is 27.0 Å². The molecule has 3 rings (SSSR count). The maximum absolute atomic E-state index is 12.5. The van der Waals surface area contributed by atoms with Crippen LogP contribution in [-0.2, 0) is 6.54 Å². The fourth-order valence-electron chi connectivity index (χ4n) is 2.75. The third-order valence-corrected chi connectivity index (χ3v) is 4.45. The van der Waals surface area contributed by atoms with Gasteiger partial charge in [0.05, 0.1) is 7.11 Å². The number of benzene rings is 2. The molecule has 5 nitrogen and oxygen atoms in total. The second-order valence-electron chi connectivity index (χ2n) is 6.01. The van der Waals surface area contributed by atoms with E-state index in [9.17, 15) is 9.59 Å². The van der Waals surface area contributed by atoms with E-state index in [0.717, 1.165) is 16.5 Å². The van der Waals surface area contributed by atoms with E-state index in [1.165, 1.54) is 5.56 Å². The van der Waals surface area contributed by atoms with Crippen LogP contribution in [0.15, 0.2) is 47.3 Å². The molecule has 0 aliphatic carbocycles. The number of amides is 1. The van der Waals surface area contributed by atoms with Crippen molar-refractivity contribution in [1.82, 2.24) is 10.3 Å². The first-order chi connectivity index (χ1) is 12.0. The van der Waals surface area contributed by atoms with Gasteiger partial charge in [0.2, 0.25) is 0 Å². The summed E-state index contributed by atoms with van der Waals surface area (Å²) in [5, 5.41) is 3.57. The Balaban J connectivity index is 1.87. The lowest BCUT2D eigenvalue weighted by molar-refractivity contribution is 0.0949. The number of aromatic nitrogens is 1. The highest BCUT2D eigenvalue weighted by Gasteiger charge is 2.13. The molecule has 2 aromatic carbocycles. The fourth-order valence-corrected chi connectivity index (χ4v) is 2.75. The van der Waals surface area contributed by atoms with Crippen LogP contribution in [0, 0.1) is 13.8 Å². The van der Waals surface area contributed by atoms with Crippen LogP contribution in [0.3, 0.4) is 0 Å². The van der Waals surface area contributed by atoms with Crippen molar-refractivity contribution in [2.24, 2.45) is 0 Å². The number of methoxy groups -OCH3 is 1. The standard InChI is InChI=1S/C20H20N2O3/c1-12-5-4-6-14(13(12)2)11-21-19(23)17-10-15-9-16(25-3)7-8-18(15)22-20(17)24/h4-10H,11H2,1-3H3,(H,21,23)(H,22,24). The first kappa shape index (κ1) is 16.8. The van der Waals surface area contributed by atoms with Crippen LogP contribution in [0.4, 0.5) is 0 Å². The highest BCUT2D eigenvalue weighted by Crippen LogP contribution is 2.19. The molecule has 0 aliphatic rings. The van der Waals surface area contributed by atoms with Gasteiger partial charge in [0.25, 0.3) is 11.5 Å². The van der Waals surface area contributed by atoms with Gasteiger partial charge in [-0.2, -0.15) is 0 Å². The lowest BCUT2D eigenvalue weighted by Crippen LogP contribution is -2.29. The van der Waals surface area contributed by atoms with Crippen LogP contribution in [0.2, 0.25) is 0 Å². The Labute approximate surface area is 145 Å². The maximum Gasteiger partial charge on any atom is 0.261 e. The number of nitrogens with one attached hydrogen (secondary N) is 2. The Morgan fingerprint density at radius 1 is 1.16 bits per heavy atom. The summed E-state index contributed by atoms with van der Waals surface area (Å²) in [6.45, 7) is 4.43. The number of ether oxygens (including phenoxy) is 1. The summed E-state index contributed by atoms with van der Waals surface area (Å²) in [4.78, 5) is 27.4. The van der Waals surface area contributed by atoms with E-state index < -0.39 is 11.5 Å². The van der Waals surface area contributed by atoms with E-state index in [4.69, 9.17) is 4.74 Å². The average molecular weight is 336 g/mol. The van der Waals surface area contributed by atoms with E-state index in [-0.39, 0.29) is 5.56 Å². The highest BCUT2D eigenvalue weighted by atomic mass is 16.5. The molecule has 0 unspecified atom stereocenters. The summed E-state index contributed by atoms with van der Waals surface area (Å²) in [6.07, 6.45) is 0. The predicted molar refractivity (Wildman–Crippen MR) is 98.2 cm³/mol. The zero-order valence-corrected chi connectivity index (χ0v) is 14.5. The van der Waals surface area contributed by atoms with Crippen molar-refractivity contribution in [3.8, 4) is 5.75 Å². The smallest absolute Gasteiger partial charge is 0.261 e.